The molecule has 4 rings (SSSR count). The number of carbonyl (C=O) groups is 3. The molecular weight excluding hydrogens is 504 g/mol. The lowest BCUT2D eigenvalue weighted by Gasteiger charge is -2.52. The van der Waals surface area contributed by atoms with Crippen LogP contribution in [0.4, 0.5) is 5.13 Å². The van der Waals surface area contributed by atoms with Gasteiger partial charge >= 0.3 is 5.97 Å². The van der Waals surface area contributed by atoms with E-state index in [-0.39, 0.29) is 28.7 Å². The number of H-pyrrole nitrogens is 1. The largest absolute Gasteiger partial charge is 0.477 e. The van der Waals surface area contributed by atoms with E-state index in [0.29, 0.717) is 16.7 Å². The van der Waals surface area contributed by atoms with E-state index >= 15 is 0 Å². The molecule has 5 N–H and O–H groups in total. The highest BCUT2D eigenvalue weighted by atomic mass is 32.2. The molecule has 0 bridgehead atoms. The number of nitrogens with zero attached hydrogens (tertiary/aromatic N) is 5. The van der Waals surface area contributed by atoms with Gasteiger partial charge in [-0.15, -0.1) is 16.4 Å². The van der Waals surface area contributed by atoms with E-state index in [1.165, 1.54) is 35.5 Å². The van der Waals surface area contributed by atoms with Gasteiger partial charge in [0.1, 0.15) is 24.8 Å². The van der Waals surface area contributed by atoms with Crippen molar-refractivity contribution in [3.8, 4) is 0 Å². The number of nitrogens with one attached hydrogen (secondary N) is 2. The number of hydrogen-bond donors (Lipinski definition) is 4. The number of thiazole rings is 1. The molecule has 2 aliphatic rings. The number of aliphatic carboxylic acids is 1. The van der Waals surface area contributed by atoms with E-state index in [1.54, 1.807) is 19.2 Å². The van der Waals surface area contributed by atoms with Crippen molar-refractivity contribution < 1.29 is 24.3 Å². The summed E-state index contributed by atoms with van der Waals surface area (Å²) < 4.78 is 0. The zero-order valence-corrected chi connectivity index (χ0v) is 20.6. The first-order chi connectivity index (χ1) is 16.2. The van der Waals surface area contributed by atoms with Crippen molar-refractivity contribution in [2.45, 2.75) is 40.9 Å². The number of hydrogen-bond acceptors (Lipinski definition) is 12. The Bertz CT molecular complexity index is 1210. The molecule has 4 heterocycles. The molecule has 2 unspecified atom stereocenters. The zero-order chi connectivity index (χ0) is 24.6. The molecule has 2 amide bonds. The van der Waals surface area contributed by atoms with Crippen molar-refractivity contribution in [1.82, 2.24) is 30.4 Å². The van der Waals surface area contributed by atoms with Gasteiger partial charge < -0.3 is 21.0 Å². The van der Waals surface area contributed by atoms with Crippen molar-refractivity contribution in [3.05, 3.63) is 28.2 Å². The normalized spacial score (nSPS) is 23.0. The predicted molar refractivity (Wildman–Crippen MR) is 126 cm³/mol. The van der Waals surface area contributed by atoms with Crippen LogP contribution in [0.5, 0.6) is 0 Å². The number of rotatable bonds is 8. The van der Waals surface area contributed by atoms with Gasteiger partial charge in [-0.2, -0.15) is 0 Å². The van der Waals surface area contributed by atoms with Crippen LogP contribution in [-0.4, -0.2) is 71.9 Å². The number of carbonyl (C=O) groups excluding carboxylic acids is 2. The molecule has 0 aliphatic carbocycles. The molecule has 0 spiro atoms. The van der Waals surface area contributed by atoms with Gasteiger partial charge in [0.2, 0.25) is 11.1 Å². The van der Waals surface area contributed by atoms with Crippen LogP contribution >= 0.6 is 34.9 Å². The van der Waals surface area contributed by atoms with Crippen LogP contribution in [0.2, 0.25) is 0 Å². The summed E-state index contributed by atoms with van der Waals surface area (Å²) in [6, 6.07) is 0. The number of aromatic amines is 1. The molecule has 0 saturated carbocycles. The molecule has 13 nitrogen and oxygen atoms in total. The number of carboxylic acids is 1. The molecule has 2 aromatic rings. The van der Waals surface area contributed by atoms with Crippen LogP contribution in [0, 0.1) is 6.92 Å². The standard InChI is InChI=1S/C18H20N8O5S3/c1-7(33-17-21-8(2)24-25-17)13-14(15(29)30)26-11(28)4-12(26)34-18(13,9-6-32-16(19)22-9)23-10(27)5-20-31-3/h5-7,12H,4H2,1-3H3,(H2,19,22)(H,23,27)(H,29,30)(H,21,24,25)/t7?,12-,18?/m0/s1. The Morgan fingerprint density at radius 1 is 1.53 bits per heavy atom. The third kappa shape index (κ3) is 4.23. The second kappa shape index (κ2) is 9.27. The number of carboxylic acid groups (broad SMARTS) is 1. The highest BCUT2D eigenvalue weighted by molar-refractivity contribution is 8.01. The SMILES string of the molecule is CON=CC(=O)NC1(c2csc(N)n2)S[C@H]2CC(=O)N2C(C(=O)O)=C1C(C)Sc1n[nH]c(C)n1. The number of nitrogens with two attached hydrogens (primary N) is 1. The van der Waals surface area contributed by atoms with Gasteiger partial charge in [0.15, 0.2) is 10.0 Å². The molecule has 34 heavy (non-hydrogen) atoms. The zero-order valence-electron chi connectivity index (χ0n) is 18.1. The average Bonchev–Trinajstić information content (AvgIpc) is 3.38. The van der Waals surface area contributed by atoms with Crippen LogP contribution in [-0.2, 0) is 24.1 Å². The quantitative estimate of drug-likeness (QED) is 0.166. The first kappa shape index (κ1) is 24.0. The van der Waals surface area contributed by atoms with E-state index in [4.69, 9.17) is 5.73 Å². The average molecular weight is 525 g/mol. The molecule has 16 heteroatoms. The van der Waals surface area contributed by atoms with Gasteiger partial charge in [-0.05, 0) is 13.8 Å². The third-order valence-electron chi connectivity index (χ3n) is 5.02. The molecule has 2 aliphatic heterocycles. The molecule has 1 saturated heterocycles. The number of amides is 2. The Morgan fingerprint density at radius 3 is 2.85 bits per heavy atom. The fraction of sp³-hybridized carbons (Fsp3) is 0.389. The smallest absolute Gasteiger partial charge is 0.352 e. The number of anilines is 1. The number of oxime groups is 1. The van der Waals surface area contributed by atoms with Gasteiger partial charge in [-0.1, -0.05) is 28.7 Å². The Morgan fingerprint density at radius 2 is 2.29 bits per heavy atom. The Labute approximate surface area is 205 Å². The fourth-order valence-corrected chi connectivity index (χ4v) is 7.24. The summed E-state index contributed by atoms with van der Waals surface area (Å²) in [6.45, 7) is 3.49. The first-order valence-electron chi connectivity index (χ1n) is 9.80. The second-order valence-corrected chi connectivity index (χ2v) is 10.8. The second-order valence-electron chi connectivity index (χ2n) is 7.23. The van der Waals surface area contributed by atoms with Crippen LogP contribution in [0.3, 0.4) is 0 Å². The van der Waals surface area contributed by atoms with E-state index in [1.807, 2.05) is 0 Å². The summed E-state index contributed by atoms with van der Waals surface area (Å²) in [6.07, 6.45) is 1.05. The fourth-order valence-electron chi connectivity index (χ4n) is 3.72. The summed E-state index contributed by atoms with van der Waals surface area (Å²) in [7, 11) is 1.29. The van der Waals surface area contributed by atoms with E-state index < -0.39 is 27.4 Å². The van der Waals surface area contributed by atoms with Crippen LogP contribution in [0.15, 0.2) is 27.0 Å². The summed E-state index contributed by atoms with van der Waals surface area (Å²) in [5.41, 5.74) is 6.27. The molecule has 0 radical (unpaired) electrons. The van der Waals surface area contributed by atoms with Gasteiger partial charge in [0.25, 0.3) is 5.91 Å². The molecule has 1 fully saturated rings. The number of nitrogen functional groups attached to an aromatic ring is 1. The predicted octanol–water partition coefficient (Wildman–Crippen LogP) is 0.878. The lowest BCUT2D eigenvalue weighted by molar-refractivity contribution is -0.146. The Kier molecular flexibility index (Phi) is 6.55. The van der Waals surface area contributed by atoms with Gasteiger partial charge in [0.05, 0.1) is 17.5 Å². The molecular formula is C18H20N8O5S3. The summed E-state index contributed by atoms with van der Waals surface area (Å²) >= 11 is 3.54. The maximum Gasteiger partial charge on any atom is 0.352 e. The van der Waals surface area contributed by atoms with Crippen LogP contribution in [0.25, 0.3) is 0 Å². The number of β-lactam (4-membered cyclic amide) rings is 1. The number of thioether (sulfide) groups is 2. The van der Waals surface area contributed by atoms with Crippen molar-refractivity contribution in [3.63, 3.8) is 0 Å². The molecule has 180 valence electrons. The number of fused-ring (bicyclic) bond motifs is 1. The summed E-state index contributed by atoms with van der Waals surface area (Å²) in [5.74, 6) is -1.69. The van der Waals surface area contributed by atoms with Crippen molar-refractivity contribution in [1.29, 1.82) is 0 Å². The van der Waals surface area contributed by atoms with Crippen molar-refractivity contribution >= 4 is 64.0 Å². The molecule has 0 aromatic carbocycles. The van der Waals surface area contributed by atoms with Crippen molar-refractivity contribution in [2.24, 2.45) is 5.16 Å². The summed E-state index contributed by atoms with van der Waals surface area (Å²) in [5, 5.41) is 24.6. The third-order valence-corrected chi connectivity index (χ3v) is 8.21. The monoisotopic (exact) mass is 524 g/mol. The first-order valence-corrected chi connectivity index (χ1v) is 12.4. The lowest BCUT2D eigenvalue weighted by atomic mass is 9.94. The molecule has 2 aromatic heterocycles. The topological polar surface area (TPSA) is 189 Å². The lowest BCUT2D eigenvalue weighted by Crippen LogP contribution is -2.62. The number of aryl methyl sites for hydroxylation is 1. The van der Waals surface area contributed by atoms with Crippen molar-refractivity contribution in [2.75, 3.05) is 12.8 Å². The van der Waals surface area contributed by atoms with Gasteiger partial charge in [-0.3, -0.25) is 19.6 Å². The van der Waals surface area contributed by atoms with E-state index in [9.17, 15) is 19.5 Å². The Hall–Kier alpha value is -3.11. The highest BCUT2D eigenvalue weighted by Crippen LogP contribution is 2.56. The maximum absolute atomic E-state index is 12.8. The minimum absolute atomic E-state index is 0.111. The van der Waals surface area contributed by atoms with E-state index in [2.05, 4.69) is 35.5 Å². The minimum atomic E-state index is -1.46. The number of aromatic nitrogens is 4. The molecule has 3 atom stereocenters. The van der Waals surface area contributed by atoms with Gasteiger partial charge in [-0.25, -0.2) is 14.8 Å². The van der Waals surface area contributed by atoms with Crippen LogP contribution < -0.4 is 11.1 Å². The minimum Gasteiger partial charge on any atom is -0.477 e. The van der Waals surface area contributed by atoms with Gasteiger partial charge in [0, 0.05) is 16.2 Å². The maximum atomic E-state index is 12.8. The van der Waals surface area contributed by atoms with E-state index in [0.717, 1.165) is 17.6 Å². The summed E-state index contributed by atoms with van der Waals surface area (Å²) in [4.78, 5) is 50.9. The highest BCUT2D eigenvalue weighted by Gasteiger charge is 2.58. The Balaban J connectivity index is 1.92. The van der Waals surface area contributed by atoms with Crippen LogP contribution in [0.1, 0.15) is 24.9 Å².